The Balaban J connectivity index is 1.70. The summed E-state index contributed by atoms with van der Waals surface area (Å²) in [7, 11) is 0. The van der Waals surface area contributed by atoms with E-state index in [4.69, 9.17) is 0 Å². The third-order valence-electron chi connectivity index (χ3n) is 4.49. The van der Waals surface area contributed by atoms with Crippen LogP contribution in [0.3, 0.4) is 0 Å². The standard InChI is InChI=1S/C17H22N4O3/c1-11-14(6-7-15(22)19-11)20-16(23)12-4-2-5-13(10-12)21-9-3-8-18-17(21)24/h2,4-5,10-11,14H,3,6-9H2,1H3,(H,18,24)(H,19,22)(H,20,23). The number of hydrogen-bond acceptors (Lipinski definition) is 3. The fourth-order valence-electron chi connectivity index (χ4n) is 3.10. The van der Waals surface area contributed by atoms with Crippen LogP contribution < -0.4 is 20.9 Å². The summed E-state index contributed by atoms with van der Waals surface area (Å²) in [6, 6.07) is 6.74. The van der Waals surface area contributed by atoms with Gasteiger partial charge in [0.2, 0.25) is 5.91 Å². The van der Waals surface area contributed by atoms with E-state index in [1.54, 1.807) is 23.1 Å². The van der Waals surface area contributed by atoms with Crippen molar-refractivity contribution in [1.29, 1.82) is 0 Å². The lowest BCUT2D eigenvalue weighted by Gasteiger charge is -2.30. The third-order valence-corrected chi connectivity index (χ3v) is 4.49. The van der Waals surface area contributed by atoms with Crippen LogP contribution in [0, 0.1) is 0 Å². The van der Waals surface area contributed by atoms with Gasteiger partial charge in [0.1, 0.15) is 0 Å². The first-order valence-electron chi connectivity index (χ1n) is 8.30. The fraction of sp³-hybridized carbons (Fsp3) is 0.471. The molecule has 2 fully saturated rings. The topological polar surface area (TPSA) is 90.5 Å². The number of rotatable bonds is 3. The van der Waals surface area contributed by atoms with Crippen LogP contribution in [0.4, 0.5) is 10.5 Å². The minimum Gasteiger partial charge on any atom is -0.352 e. The molecule has 2 saturated heterocycles. The van der Waals surface area contributed by atoms with Crippen LogP contribution in [0.2, 0.25) is 0 Å². The largest absolute Gasteiger partial charge is 0.352 e. The van der Waals surface area contributed by atoms with Gasteiger partial charge in [0.15, 0.2) is 0 Å². The molecule has 24 heavy (non-hydrogen) atoms. The molecule has 0 aromatic heterocycles. The van der Waals surface area contributed by atoms with Crippen molar-refractivity contribution in [3.8, 4) is 0 Å². The monoisotopic (exact) mass is 330 g/mol. The number of benzene rings is 1. The van der Waals surface area contributed by atoms with Crippen molar-refractivity contribution in [3.05, 3.63) is 29.8 Å². The van der Waals surface area contributed by atoms with Gasteiger partial charge in [0, 0.05) is 42.8 Å². The van der Waals surface area contributed by atoms with Crippen molar-refractivity contribution in [2.24, 2.45) is 0 Å². The van der Waals surface area contributed by atoms with E-state index in [1.165, 1.54) is 0 Å². The minimum atomic E-state index is -0.192. The van der Waals surface area contributed by atoms with Gasteiger partial charge >= 0.3 is 6.03 Å². The van der Waals surface area contributed by atoms with E-state index in [9.17, 15) is 14.4 Å². The molecule has 2 atom stereocenters. The first-order chi connectivity index (χ1) is 11.5. The van der Waals surface area contributed by atoms with Gasteiger partial charge in [-0.3, -0.25) is 14.5 Å². The fourth-order valence-corrected chi connectivity index (χ4v) is 3.10. The smallest absolute Gasteiger partial charge is 0.321 e. The Hall–Kier alpha value is -2.57. The molecule has 7 nitrogen and oxygen atoms in total. The number of hydrogen-bond donors (Lipinski definition) is 3. The molecular formula is C17H22N4O3. The highest BCUT2D eigenvalue weighted by Gasteiger charge is 2.27. The zero-order valence-corrected chi connectivity index (χ0v) is 13.7. The second-order valence-electron chi connectivity index (χ2n) is 6.26. The van der Waals surface area contributed by atoms with Gasteiger partial charge < -0.3 is 16.0 Å². The van der Waals surface area contributed by atoms with E-state index in [0.29, 0.717) is 37.2 Å². The van der Waals surface area contributed by atoms with Crippen LogP contribution in [0.15, 0.2) is 24.3 Å². The maximum absolute atomic E-state index is 12.5. The summed E-state index contributed by atoms with van der Waals surface area (Å²) in [5, 5.41) is 8.62. The lowest BCUT2D eigenvalue weighted by Crippen LogP contribution is -2.54. The van der Waals surface area contributed by atoms with Crippen molar-refractivity contribution in [2.45, 2.75) is 38.3 Å². The summed E-state index contributed by atoms with van der Waals surface area (Å²) in [4.78, 5) is 37.5. The molecule has 2 unspecified atom stereocenters. The maximum atomic E-state index is 12.5. The van der Waals surface area contributed by atoms with Crippen molar-refractivity contribution in [2.75, 3.05) is 18.0 Å². The van der Waals surface area contributed by atoms with Gasteiger partial charge in [-0.1, -0.05) is 6.07 Å². The second-order valence-corrected chi connectivity index (χ2v) is 6.26. The molecule has 1 aromatic carbocycles. The van der Waals surface area contributed by atoms with Crippen molar-refractivity contribution in [1.82, 2.24) is 16.0 Å². The van der Waals surface area contributed by atoms with E-state index in [0.717, 1.165) is 6.42 Å². The molecule has 4 amide bonds. The first-order valence-corrected chi connectivity index (χ1v) is 8.30. The van der Waals surface area contributed by atoms with Crippen LogP contribution in [0.25, 0.3) is 0 Å². The Labute approximate surface area is 140 Å². The van der Waals surface area contributed by atoms with Gasteiger partial charge in [-0.05, 0) is 38.0 Å². The number of carbonyl (C=O) groups is 3. The van der Waals surface area contributed by atoms with Gasteiger partial charge in [-0.15, -0.1) is 0 Å². The summed E-state index contributed by atoms with van der Waals surface area (Å²) < 4.78 is 0. The minimum absolute atomic E-state index is 0.0195. The normalized spacial score (nSPS) is 24.1. The number of anilines is 1. The lowest BCUT2D eigenvalue weighted by atomic mass is 9.99. The average molecular weight is 330 g/mol. The Morgan fingerprint density at radius 1 is 1.33 bits per heavy atom. The molecule has 2 aliphatic rings. The second kappa shape index (κ2) is 6.90. The molecule has 1 aromatic rings. The zero-order chi connectivity index (χ0) is 17.1. The molecule has 3 N–H and O–H groups in total. The van der Waals surface area contributed by atoms with Crippen molar-refractivity contribution >= 4 is 23.5 Å². The predicted molar refractivity (Wildman–Crippen MR) is 89.9 cm³/mol. The molecule has 3 rings (SSSR count). The number of piperidine rings is 1. The lowest BCUT2D eigenvalue weighted by molar-refractivity contribution is -0.123. The molecule has 0 bridgehead atoms. The van der Waals surface area contributed by atoms with Gasteiger partial charge in [0.05, 0.1) is 0 Å². The van der Waals surface area contributed by atoms with Gasteiger partial charge in [-0.2, -0.15) is 0 Å². The molecule has 128 valence electrons. The average Bonchev–Trinajstić information content (AvgIpc) is 2.58. The maximum Gasteiger partial charge on any atom is 0.321 e. The van der Waals surface area contributed by atoms with Crippen LogP contribution in [0.5, 0.6) is 0 Å². The van der Waals surface area contributed by atoms with E-state index in [1.807, 2.05) is 13.0 Å². The number of urea groups is 1. The number of nitrogens with one attached hydrogen (secondary N) is 3. The van der Waals surface area contributed by atoms with Crippen LogP contribution >= 0.6 is 0 Å². The van der Waals surface area contributed by atoms with E-state index >= 15 is 0 Å². The first kappa shape index (κ1) is 16.3. The quantitative estimate of drug-likeness (QED) is 0.772. The molecule has 2 heterocycles. The van der Waals surface area contributed by atoms with E-state index in [2.05, 4.69) is 16.0 Å². The van der Waals surface area contributed by atoms with Crippen LogP contribution in [0.1, 0.15) is 36.5 Å². The summed E-state index contributed by atoms with van der Waals surface area (Å²) in [5.74, 6) is -0.173. The predicted octanol–water partition coefficient (Wildman–Crippen LogP) is 1.00. The summed E-state index contributed by atoms with van der Waals surface area (Å²) in [6.07, 6.45) is 1.93. The van der Waals surface area contributed by atoms with E-state index in [-0.39, 0.29) is 29.9 Å². The Morgan fingerprint density at radius 3 is 2.92 bits per heavy atom. The highest BCUT2D eigenvalue weighted by Crippen LogP contribution is 2.19. The number of amides is 4. The zero-order valence-electron chi connectivity index (χ0n) is 13.7. The summed E-state index contributed by atoms with van der Waals surface area (Å²) in [6.45, 7) is 3.21. The SMILES string of the molecule is CC1NC(=O)CCC1NC(=O)c1cccc(N2CCCNC2=O)c1. The highest BCUT2D eigenvalue weighted by molar-refractivity contribution is 5.98. The summed E-state index contributed by atoms with van der Waals surface area (Å²) in [5.41, 5.74) is 1.22. The summed E-state index contributed by atoms with van der Waals surface area (Å²) >= 11 is 0. The van der Waals surface area contributed by atoms with Crippen LogP contribution in [-0.2, 0) is 4.79 Å². The Kier molecular flexibility index (Phi) is 4.69. The van der Waals surface area contributed by atoms with E-state index < -0.39 is 0 Å². The molecule has 2 aliphatic heterocycles. The Bertz CT molecular complexity index is 661. The number of carbonyl (C=O) groups excluding carboxylic acids is 3. The van der Waals surface area contributed by atoms with Gasteiger partial charge in [0.25, 0.3) is 5.91 Å². The van der Waals surface area contributed by atoms with Gasteiger partial charge in [-0.25, -0.2) is 4.79 Å². The Morgan fingerprint density at radius 2 is 2.17 bits per heavy atom. The third kappa shape index (κ3) is 3.50. The molecule has 0 aliphatic carbocycles. The highest BCUT2D eigenvalue weighted by atomic mass is 16.2. The van der Waals surface area contributed by atoms with Crippen molar-refractivity contribution in [3.63, 3.8) is 0 Å². The molecule has 0 saturated carbocycles. The molecule has 0 radical (unpaired) electrons. The van der Waals surface area contributed by atoms with Crippen LogP contribution in [-0.4, -0.2) is 43.0 Å². The molecule has 0 spiro atoms. The van der Waals surface area contributed by atoms with Crippen molar-refractivity contribution < 1.29 is 14.4 Å². The molecule has 7 heteroatoms. The number of nitrogens with zero attached hydrogens (tertiary/aromatic N) is 1. The molecular weight excluding hydrogens is 308 g/mol.